The van der Waals surface area contributed by atoms with Crippen molar-refractivity contribution in [3.8, 4) is 16.9 Å². The third kappa shape index (κ3) is 4.72. The van der Waals surface area contributed by atoms with Crippen LogP contribution in [-0.2, 0) is 9.53 Å². The molecular weight excluding hydrogens is 444 g/mol. The second-order valence-electron chi connectivity index (χ2n) is 7.75. The molecule has 1 amide bonds. The number of ether oxygens (including phenoxy) is 1. The lowest BCUT2D eigenvalue weighted by molar-refractivity contribution is -0.119. The molecule has 35 heavy (non-hydrogen) atoms. The van der Waals surface area contributed by atoms with Gasteiger partial charge in [-0.05, 0) is 18.2 Å². The fourth-order valence-corrected chi connectivity index (χ4v) is 3.75. The Hall–Kier alpha value is -4.98. The molecule has 0 saturated heterocycles. The van der Waals surface area contributed by atoms with E-state index in [4.69, 9.17) is 4.74 Å². The van der Waals surface area contributed by atoms with E-state index >= 15 is 0 Å². The molecule has 0 aliphatic carbocycles. The zero-order valence-electron chi connectivity index (χ0n) is 18.5. The number of carbonyl (C=O) groups is 2. The molecule has 8 heteroatoms. The number of H-pyrrole nitrogens is 1. The van der Waals surface area contributed by atoms with Crippen LogP contribution in [-0.4, -0.2) is 33.2 Å². The summed E-state index contributed by atoms with van der Waals surface area (Å²) >= 11 is 0. The third-order valence-electron chi connectivity index (χ3n) is 5.35. The van der Waals surface area contributed by atoms with E-state index in [1.54, 1.807) is 35.0 Å². The molecule has 0 radical (unpaired) electrons. The zero-order chi connectivity index (χ0) is 24.2. The molecule has 0 unspecified atom stereocenters. The number of esters is 1. The van der Waals surface area contributed by atoms with Crippen molar-refractivity contribution in [3.63, 3.8) is 0 Å². The largest absolute Gasteiger partial charge is 0.452 e. The van der Waals surface area contributed by atoms with Gasteiger partial charge in [0, 0.05) is 28.6 Å². The van der Waals surface area contributed by atoms with Crippen molar-refractivity contribution in [3.05, 3.63) is 113 Å². The maximum absolute atomic E-state index is 12.7. The van der Waals surface area contributed by atoms with Gasteiger partial charge in [0.1, 0.15) is 5.82 Å². The molecule has 172 valence electrons. The smallest absolute Gasteiger partial charge is 0.339 e. The van der Waals surface area contributed by atoms with Crippen molar-refractivity contribution in [1.82, 2.24) is 14.8 Å². The topological polar surface area (TPSA) is 106 Å². The molecule has 8 nitrogen and oxygen atoms in total. The number of nitrogens with zero attached hydrogens (tertiary/aromatic N) is 2. The lowest BCUT2D eigenvalue weighted by Crippen LogP contribution is -2.23. The van der Waals surface area contributed by atoms with Crippen molar-refractivity contribution in [2.24, 2.45) is 0 Å². The van der Waals surface area contributed by atoms with Crippen LogP contribution < -0.4 is 10.9 Å². The average molecular weight is 464 g/mol. The molecule has 5 rings (SSSR count). The van der Waals surface area contributed by atoms with E-state index in [9.17, 15) is 14.4 Å². The number of carbonyl (C=O) groups excluding carboxylic acids is 2. The van der Waals surface area contributed by atoms with Crippen molar-refractivity contribution >= 4 is 28.6 Å². The molecule has 0 bridgehead atoms. The van der Waals surface area contributed by atoms with Gasteiger partial charge in [-0.3, -0.25) is 9.59 Å². The molecule has 0 saturated carbocycles. The number of aromatic nitrogens is 3. The van der Waals surface area contributed by atoms with Gasteiger partial charge in [-0.2, -0.15) is 5.10 Å². The Morgan fingerprint density at radius 3 is 2.34 bits per heavy atom. The van der Waals surface area contributed by atoms with Crippen molar-refractivity contribution in [2.45, 2.75) is 0 Å². The summed E-state index contributed by atoms with van der Waals surface area (Å²) in [6, 6.07) is 28.8. The SMILES string of the molecule is O=C(COC(=O)c1cc(=O)[nH]c2ccccc12)Nc1cc(-c2ccccc2)nn1-c1ccccc1. The summed E-state index contributed by atoms with van der Waals surface area (Å²) in [6.45, 7) is -0.527. The molecule has 0 aliphatic heterocycles. The first-order valence-electron chi connectivity index (χ1n) is 10.9. The molecule has 0 spiro atoms. The molecule has 2 N–H and O–H groups in total. The molecule has 5 aromatic rings. The normalized spacial score (nSPS) is 10.7. The Labute approximate surface area is 199 Å². The third-order valence-corrected chi connectivity index (χ3v) is 5.35. The quantitative estimate of drug-likeness (QED) is 0.367. The Morgan fingerprint density at radius 1 is 0.886 bits per heavy atom. The Morgan fingerprint density at radius 2 is 1.57 bits per heavy atom. The highest BCUT2D eigenvalue weighted by Crippen LogP contribution is 2.24. The minimum Gasteiger partial charge on any atom is -0.452 e. The molecular formula is C27H20N4O4. The van der Waals surface area contributed by atoms with Gasteiger partial charge in [-0.25, -0.2) is 9.48 Å². The Kier molecular flexibility index (Phi) is 5.92. The number of amides is 1. The summed E-state index contributed by atoms with van der Waals surface area (Å²) in [6.07, 6.45) is 0. The first kappa shape index (κ1) is 21.8. The van der Waals surface area contributed by atoms with Crippen LogP contribution in [0, 0.1) is 0 Å². The van der Waals surface area contributed by atoms with E-state index in [-0.39, 0.29) is 5.56 Å². The van der Waals surface area contributed by atoms with E-state index in [0.29, 0.717) is 22.4 Å². The number of benzene rings is 3. The predicted octanol–water partition coefficient (Wildman–Crippen LogP) is 4.18. The predicted molar refractivity (Wildman–Crippen MR) is 132 cm³/mol. The first-order valence-corrected chi connectivity index (χ1v) is 10.9. The number of hydrogen-bond acceptors (Lipinski definition) is 5. The van der Waals surface area contributed by atoms with E-state index in [1.165, 1.54) is 6.07 Å². The van der Waals surface area contributed by atoms with Crippen LogP contribution >= 0.6 is 0 Å². The van der Waals surface area contributed by atoms with E-state index in [2.05, 4.69) is 15.4 Å². The molecule has 0 fully saturated rings. The Bertz CT molecular complexity index is 1570. The van der Waals surface area contributed by atoms with Crippen molar-refractivity contribution < 1.29 is 14.3 Å². The van der Waals surface area contributed by atoms with Gasteiger partial charge in [0.05, 0.1) is 16.9 Å². The highest BCUT2D eigenvalue weighted by atomic mass is 16.5. The summed E-state index contributed by atoms with van der Waals surface area (Å²) in [4.78, 5) is 40.0. The highest BCUT2D eigenvalue weighted by Gasteiger charge is 2.17. The van der Waals surface area contributed by atoms with Crippen molar-refractivity contribution in [2.75, 3.05) is 11.9 Å². The molecule has 0 atom stereocenters. The molecule has 2 heterocycles. The number of para-hydroxylation sites is 2. The number of hydrogen-bond donors (Lipinski definition) is 2. The van der Waals surface area contributed by atoms with Crippen LogP contribution in [0.5, 0.6) is 0 Å². The van der Waals surface area contributed by atoms with Gasteiger partial charge >= 0.3 is 5.97 Å². The number of nitrogens with one attached hydrogen (secondary N) is 2. The first-order chi connectivity index (χ1) is 17.1. The summed E-state index contributed by atoms with van der Waals surface area (Å²) in [5.74, 6) is -0.870. The fourth-order valence-electron chi connectivity index (χ4n) is 3.75. The number of rotatable bonds is 6. The van der Waals surface area contributed by atoms with E-state index in [1.807, 2.05) is 60.7 Å². The van der Waals surface area contributed by atoms with Gasteiger partial charge < -0.3 is 15.0 Å². The fraction of sp³-hybridized carbons (Fsp3) is 0.0370. The van der Waals surface area contributed by atoms with Crippen LogP contribution in [0.4, 0.5) is 5.82 Å². The van der Waals surface area contributed by atoms with E-state index < -0.39 is 24.0 Å². The number of aromatic amines is 1. The van der Waals surface area contributed by atoms with Gasteiger partial charge in [-0.15, -0.1) is 0 Å². The van der Waals surface area contributed by atoms with Crippen LogP contribution in [0.3, 0.4) is 0 Å². The molecule has 0 aliphatic rings. The summed E-state index contributed by atoms with van der Waals surface area (Å²) in [5, 5.41) is 7.95. The van der Waals surface area contributed by atoms with Gasteiger partial charge in [0.15, 0.2) is 6.61 Å². The minimum atomic E-state index is -0.760. The van der Waals surface area contributed by atoms with E-state index in [0.717, 1.165) is 11.3 Å². The van der Waals surface area contributed by atoms with Crippen LogP contribution in [0.2, 0.25) is 0 Å². The summed E-state index contributed by atoms with van der Waals surface area (Å²) in [5.41, 5.74) is 2.51. The van der Waals surface area contributed by atoms with Crippen molar-refractivity contribution in [1.29, 1.82) is 0 Å². The van der Waals surface area contributed by atoms with Crippen LogP contribution in [0.15, 0.2) is 102 Å². The number of fused-ring (bicyclic) bond motifs is 1. The maximum atomic E-state index is 12.7. The van der Waals surface area contributed by atoms with Gasteiger partial charge in [0.2, 0.25) is 5.56 Å². The summed E-state index contributed by atoms with van der Waals surface area (Å²) in [7, 11) is 0. The highest BCUT2D eigenvalue weighted by molar-refractivity contribution is 6.04. The lowest BCUT2D eigenvalue weighted by Gasteiger charge is -2.10. The van der Waals surface area contributed by atoms with Gasteiger partial charge in [0.25, 0.3) is 5.91 Å². The minimum absolute atomic E-state index is 0.0952. The second kappa shape index (κ2) is 9.48. The molecule has 3 aromatic carbocycles. The van der Waals surface area contributed by atoms with Crippen LogP contribution in [0.25, 0.3) is 27.8 Å². The zero-order valence-corrected chi connectivity index (χ0v) is 18.5. The monoisotopic (exact) mass is 464 g/mol. The second-order valence-corrected chi connectivity index (χ2v) is 7.75. The molecule has 2 aromatic heterocycles. The number of pyridine rings is 1. The lowest BCUT2D eigenvalue weighted by atomic mass is 10.1. The average Bonchev–Trinajstić information content (AvgIpc) is 3.31. The standard InChI is InChI=1S/C27H20N4O4/c32-25-15-21(20-13-7-8-14-22(20)28-25)27(34)35-17-26(33)29-24-16-23(18-9-3-1-4-10-18)30-31(24)19-11-5-2-6-12-19/h1-16H,17H2,(H,28,32)(H,29,33). The maximum Gasteiger partial charge on any atom is 0.339 e. The van der Waals surface area contributed by atoms with Crippen LogP contribution in [0.1, 0.15) is 10.4 Å². The Balaban J connectivity index is 1.36. The van der Waals surface area contributed by atoms with Gasteiger partial charge in [-0.1, -0.05) is 66.7 Å². The number of anilines is 1. The summed E-state index contributed by atoms with van der Waals surface area (Å²) < 4.78 is 6.85.